The van der Waals surface area contributed by atoms with Gasteiger partial charge in [0.1, 0.15) is 5.54 Å². The van der Waals surface area contributed by atoms with Crippen LogP contribution in [0.5, 0.6) is 0 Å². The summed E-state index contributed by atoms with van der Waals surface area (Å²) in [6.07, 6.45) is 4.49. The maximum absolute atomic E-state index is 11.7. The van der Waals surface area contributed by atoms with E-state index in [0.29, 0.717) is 19.4 Å². The zero-order chi connectivity index (χ0) is 15.2. The highest BCUT2D eigenvalue weighted by Crippen LogP contribution is 2.36. The predicted octanol–water partition coefficient (Wildman–Crippen LogP) is 1.43. The first-order valence-electron chi connectivity index (χ1n) is 7.18. The molecule has 0 aromatic heterocycles. The van der Waals surface area contributed by atoms with Gasteiger partial charge in [-0.3, -0.25) is 9.59 Å². The first kappa shape index (κ1) is 16.6. The Bertz CT molecular complexity index is 382. The second-order valence-corrected chi connectivity index (χ2v) is 5.39. The number of carboxylic acids is 2. The molecule has 0 aromatic carbocycles. The summed E-state index contributed by atoms with van der Waals surface area (Å²) in [5.74, 6) is -3.01. The number of Topliss-reactive ketones (excluding diaryl/α,β-unsaturated/α-hetero) is 1. The van der Waals surface area contributed by atoms with Crippen molar-refractivity contribution < 1.29 is 24.6 Å². The largest absolute Gasteiger partial charge is 0.480 e. The zero-order valence-corrected chi connectivity index (χ0v) is 11.9. The van der Waals surface area contributed by atoms with Crippen molar-refractivity contribution in [2.75, 3.05) is 6.54 Å². The molecule has 114 valence electrons. The van der Waals surface area contributed by atoms with Crippen LogP contribution in [-0.4, -0.2) is 40.0 Å². The van der Waals surface area contributed by atoms with Crippen molar-refractivity contribution in [2.24, 2.45) is 5.92 Å². The van der Waals surface area contributed by atoms with E-state index in [2.05, 4.69) is 5.32 Å². The lowest BCUT2D eigenvalue weighted by molar-refractivity contribution is -0.150. The topological polar surface area (TPSA) is 104 Å². The van der Waals surface area contributed by atoms with Crippen LogP contribution in [0.2, 0.25) is 0 Å². The molecule has 0 heterocycles. The van der Waals surface area contributed by atoms with Crippen LogP contribution < -0.4 is 5.32 Å². The Balaban J connectivity index is 2.57. The molecular formula is C14H23NO5. The van der Waals surface area contributed by atoms with Crippen molar-refractivity contribution in [3.05, 3.63) is 0 Å². The van der Waals surface area contributed by atoms with Crippen molar-refractivity contribution >= 4 is 17.7 Å². The Morgan fingerprint density at radius 2 is 1.95 bits per heavy atom. The molecule has 1 aliphatic carbocycles. The fraction of sp³-hybridized carbons (Fsp3) is 0.786. The highest BCUT2D eigenvalue weighted by molar-refractivity contribution is 6.32. The van der Waals surface area contributed by atoms with Crippen LogP contribution in [-0.2, 0) is 14.4 Å². The molecule has 0 aliphatic heterocycles. The molecule has 0 saturated heterocycles. The number of carboxylic acid groups (broad SMARTS) is 2. The van der Waals surface area contributed by atoms with Gasteiger partial charge in [0.2, 0.25) is 5.78 Å². The monoisotopic (exact) mass is 285 g/mol. The first-order chi connectivity index (χ1) is 9.44. The molecule has 3 N–H and O–H groups in total. The van der Waals surface area contributed by atoms with Crippen LogP contribution in [0.1, 0.15) is 51.9 Å². The second-order valence-electron chi connectivity index (χ2n) is 5.39. The normalized spacial score (nSPS) is 26.1. The average molecular weight is 285 g/mol. The van der Waals surface area contributed by atoms with Gasteiger partial charge in [0.15, 0.2) is 0 Å². The highest BCUT2D eigenvalue weighted by atomic mass is 16.4. The SMILES string of the molecule is CCC1CCCCC1(NCCCC(=O)C(=O)O)C(=O)O. The summed E-state index contributed by atoms with van der Waals surface area (Å²) in [5.41, 5.74) is -0.917. The molecular weight excluding hydrogens is 262 g/mol. The third-order valence-corrected chi connectivity index (χ3v) is 4.20. The van der Waals surface area contributed by atoms with Gasteiger partial charge in [-0.2, -0.15) is 0 Å². The number of nitrogens with one attached hydrogen (secondary N) is 1. The van der Waals surface area contributed by atoms with Crippen LogP contribution in [0.25, 0.3) is 0 Å². The van der Waals surface area contributed by atoms with Gasteiger partial charge in [-0.1, -0.05) is 26.2 Å². The van der Waals surface area contributed by atoms with E-state index < -0.39 is 23.3 Å². The molecule has 0 amide bonds. The number of carbonyl (C=O) groups is 3. The molecule has 6 heteroatoms. The number of carbonyl (C=O) groups excluding carboxylic acids is 1. The Labute approximate surface area is 118 Å². The number of hydrogen-bond donors (Lipinski definition) is 3. The second kappa shape index (κ2) is 7.38. The summed E-state index contributed by atoms with van der Waals surface area (Å²) in [6.45, 7) is 2.34. The van der Waals surface area contributed by atoms with Crippen LogP contribution >= 0.6 is 0 Å². The summed E-state index contributed by atoms with van der Waals surface area (Å²) in [6, 6.07) is 0. The van der Waals surface area contributed by atoms with E-state index in [0.717, 1.165) is 25.7 Å². The van der Waals surface area contributed by atoms with Crippen molar-refractivity contribution in [1.29, 1.82) is 0 Å². The quantitative estimate of drug-likeness (QED) is 0.460. The van der Waals surface area contributed by atoms with Crippen LogP contribution in [0.4, 0.5) is 0 Å². The minimum Gasteiger partial charge on any atom is -0.480 e. The van der Waals surface area contributed by atoms with Crippen LogP contribution in [0.3, 0.4) is 0 Å². The van der Waals surface area contributed by atoms with Crippen LogP contribution in [0.15, 0.2) is 0 Å². The lowest BCUT2D eigenvalue weighted by Gasteiger charge is -2.41. The van der Waals surface area contributed by atoms with E-state index in [1.54, 1.807) is 0 Å². The van der Waals surface area contributed by atoms with Gasteiger partial charge >= 0.3 is 11.9 Å². The van der Waals surface area contributed by atoms with Gasteiger partial charge in [0, 0.05) is 6.42 Å². The Morgan fingerprint density at radius 1 is 1.25 bits per heavy atom. The maximum atomic E-state index is 11.7. The summed E-state index contributed by atoms with van der Waals surface area (Å²) in [4.78, 5) is 33.0. The number of ketones is 1. The van der Waals surface area contributed by atoms with Gasteiger partial charge < -0.3 is 15.5 Å². The van der Waals surface area contributed by atoms with E-state index >= 15 is 0 Å². The van der Waals surface area contributed by atoms with Crippen molar-refractivity contribution in [3.63, 3.8) is 0 Å². The lowest BCUT2D eigenvalue weighted by atomic mass is 9.71. The maximum Gasteiger partial charge on any atom is 0.372 e. The van der Waals surface area contributed by atoms with E-state index in [-0.39, 0.29) is 12.3 Å². The van der Waals surface area contributed by atoms with Gasteiger partial charge in [-0.25, -0.2) is 4.79 Å². The van der Waals surface area contributed by atoms with Gasteiger partial charge in [-0.15, -0.1) is 0 Å². The summed E-state index contributed by atoms with van der Waals surface area (Å²) < 4.78 is 0. The molecule has 1 fully saturated rings. The van der Waals surface area contributed by atoms with Gasteiger partial charge in [0.05, 0.1) is 0 Å². The average Bonchev–Trinajstić information content (AvgIpc) is 2.43. The Morgan fingerprint density at radius 3 is 2.50 bits per heavy atom. The predicted molar refractivity (Wildman–Crippen MR) is 72.5 cm³/mol. The summed E-state index contributed by atoms with van der Waals surface area (Å²) >= 11 is 0. The standard InChI is InChI=1S/C14H23NO5/c1-2-10-6-3-4-8-14(10,13(19)20)15-9-5-7-11(16)12(17)18/h10,15H,2-9H2,1H3,(H,17,18)(H,19,20). The molecule has 20 heavy (non-hydrogen) atoms. The fourth-order valence-corrected chi connectivity index (χ4v) is 3.05. The minimum atomic E-state index is -1.43. The van der Waals surface area contributed by atoms with Gasteiger partial charge in [-0.05, 0) is 31.7 Å². The smallest absolute Gasteiger partial charge is 0.372 e. The van der Waals surface area contributed by atoms with Crippen molar-refractivity contribution in [1.82, 2.24) is 5.32 Å². The van der Waals surface area contributed by atoms with Crippen molar-refractivity contribution in [2.45, 2.75) is 57.4 Å². The molecule has 2 atom stereocenters. The number of hydrogen-bond acceptors (Lipinski definition) is 4. The molecule has 0 aromatic rings. The number of rotatable bonds is 8. The third kappa shape index (κ3) is 3.79. The highest BCUT2D eigenvalue weighted by Gasteiger charge is 2.45. The first-order valence-corrected chi connectivity index (χ1v) is 7.18. The molecule has 2 unspecified atom stereocenters. The molecule has 0 bridgehead atoms. The molecule has 1 rings (SSSR count). The van der Waals surface area contributed by atoms with E-state index in [1.807, 2.05) is 6.92 Å². The van der Waals surface area contributed by atoms with Crippen molar-refractivity contribution in [3.8, 4) is 0 Å². The molecule has 0 spiro atoms. The third-order valence-electron chi connectivity index (χ3n) is 4.20. The summed E-state index contributed by atoms with van der Waals surface area (Å²) in [7, 11) is 0. The number of aliphatic carboxylic acids is 2. The molecule has 1 aliphatic rings. The fourth-order valence-electron chi connectivity index (χ4n) is 3.05. The molecule has 0 radical (unpaired) electrons. The zero-order valence-electron chi connectivity index (χ0n) is 11.9. The lowest BCUT2D eigenvalue weighted by Crippen LogP contribution is -2.59. The van der Waals surface area contributed by atoms with Crippen LogP contribution in [0, 0.1) is 5.92 Å². The molecule has 1 saturated carbocycles. The van der Waals surface area contributed by atoms with E-state index in [9.17, 15) is 19.5 Å². The minimum absolute atomic E-state index is 0.0607. The van der Waals surface area contributed by atoms with E-state index in [1.165, 1.54) is 0 Å². The Hall–Kier alpha value is -1.43. The Kier molecular flexibility index (Phi) is 6.13. The van der Waals surface area contributed by atoms with E-state index in [4.69, 9.17) is 5.11 Å². The van der Waals surface area contributed by atoms with Gasteiger partial charge in [0.25, 0.3) is 0 Å². The molecule has 6 nitrogen and oxygen atoms in total. The summed E-state index contributed by atoms with van der Waals surface area (Å²) in [5, 5.41) is 21.1.